The number of hydrogen-bond acceptors (Lipinski definition) is 3. The highest BCUT2D eigenvalue weighted by Gasteiger charge is 2.52. The normalized spacial score (nSPS) is 21.6. The van der Waals surface area contributed by atoms with Crippen molar-refractivity contribution in [2.24, 2.45) is 0 Å². The zero-order chi connectivity index (χ0) is 11.1. The lowest BCUT2D eigenvalue weighted by Crippen LogP contribution is -2.42. The molecule has 8 heteroatoms. The Kier molecular flexibility index (Phi) is 2.40. The van der Waals surface area contributed by atoms with Crippen LogP contribution in [0.2, 0.25) is 0 Å². The molecule has 1 aliphatic rings. The summed E-state index contributed by atoms with van der Waals surface area (Å²) in [6.45, 7) is 0. The van der Waals surface area contributed by atoms with Gasteiger partial charge >= 0.3 is 12.0 Å². The third-order valence-electron chi connectivity index (χ3n) is 1.71. The first-order valence-corrected chi connectivity index (χ1v) is 3.43. The summed E-state index contributed by atoms with van der Waals surface area (Å²) in [5, 5.41) is 8.37. The third-order valence-corrected chi connectivity index (χ3v) is 1.71. The minimum absolute atomic E-state index is 0.0257. The maximum Gasteiger partial charge on any atom is 0.356 e. The zero-order valence-electron chi connectivity index (χ0n) is 6.89. The molecule has 0 radical (unpaired) electrons. The average molecular weight is 214 g/mol. The van der Waals surface area contributed by atoms with Gasteiger partial charge in [-0.1, -0.05) is 0 Å². The Bertz CT molecular complexity index is 302. The molecule has 0 saturated heterocycles. The topological polar surface area (TPSA) is 52.6 Å². The van der Waals surface area contributed by atoms with E-state index >= 15 is 0 Å². The van der Waals surface area contributed by atoms with Gasteiger partial charge in [0.1, 0.15) is 11.3 Å². The van der Waals surface area contributed by atoms with Crippen LogP contribution in [-0.2, 0) is 4.79 Å². The summed E-state index contributed by atoms with van der Waals surface area (Å²) in [6.07, 6.45) is -3.28. The summed E-state index contributed by atoms with van der Waals surface area (Å²) in [5.41, 5.74) is -1.28. The molecule has 4 nitrogen and oxygen atoms in total. The molecule has 1 rings (SSSR count). The highest BCUT2D eigenvalue weighted by atomic mass is 19.3. The second kappa shape index (κ2) is 3.12. The second-order valence-corrected chi connectivity index (χ2v) is 2.61. The van der Waals surface area contributed by atoms with Gasteiger partial charge in [-0.05, 0) is 0 Å². The predicted molar refractivity (Wildman–Crippen MR) is 36.5 cm³/mol. The molecule has 0 amide bonds. The molecule has 0 aromatic heterocycles. The number of nitrogens with zero attached hydrogens (tertiary/aromatic N) is 1. The van der Waals surface area contributed by atoms with Crippen LogP contribution in [0.5, 0.6) is 0 Å². The molecular formula is C6H6F4N2O2. The molecule has 0 fully saturated rings. The Morgan fingerprint density at radius 1 is 1.57 bits per heavy atom. The number of nitrogens with one attached hydrogen (secondary N) is 1. The van der Waals surface area contributed by atoms with Crippen LogP contribution >= 0.6 is 0 Å². The van der Waals surface area contributed by atoms with E-state index in [-0.39, 0.29) is 5.01 Å². The van der Waals surface area contributed by atoms with Crippen LogP contribution in [0.3, 0.4) is 0 Å². The van der Waals surface area contributed by atoms with E-state index in [0.29, 0.717) is 0 Å². The molecule has 0 atom stereocenters. The molecule has 14 heavy (non-hydrogen) atoms. The molecule has 0 aromatic rings. The van der Waals surface area contributed by atoms with Crippen LogP contribution in [0.1, 0.15) is 0 Å². The van der Waals surface area contributed by atoms with Crippen molar-refractivity contribution in [2.45, 2.75) is 12.5 Å². The maximum atomic E-state index is 13.0. The van der Waals surface area contributed by atoms with Crippen molar-refractivity contribution in [3.63, 3.8) is 0 Å². The molecule has 1 aliphatic heterocycles. The Morgan fingerprint density at radius 2 is 2.07 bits per heavy atom. The summed E-state index contributed by atoms with van der Waals surface area (Å²) in [7, 11) is 0.776. The van der Waals surface area contributed by atoms with Crippen LogP contribution in [0, 0.1) is 0 Å². The zero-order valence-corrected chi connectivity index (χ0v) is 6.89. The van der Waals surface area contributed by atoms with Gasteiger partial charge in [-0.3, -0.25) is 0 Å². The molecule has 1 heterocycles. The smallest absolute Gasteiger partial charge is 0.356 e. The quantitative estimate of drug-likeness (QED) is 0.523. The molecule has 0 saturated carbocycles. The van der Waals surface area contributed by atoms with Crippen molar-refractivity contribution in [1.29, 1.82) is 0 Å². The molecular weight excluding hydrogens is 208 g/mol. The molecule has 0 bridgehead atoms. The van der Waals surface area contributed by atoms with Crippen LogP contribution in [0.25, 0.3) is 0 Å². The highest BCUT2D eigenvalue weighted by molar-refractivity contribution is 5.90. The minimum Gasteiger partial charge on any atom is -0.478 e. The number of hydrogen-bond donors (Lipinski definition) is 2. The third kappa shape index (κ3) is 1.41. The summed E-state index contributed by atoms with van der Waals surface area (Å²) in [6, 6.07) is -3.93. The number of carbonyl (C=O) groups is 1. The average Bonchev–Trinajstić information content (AvgIpc) is 2.23. The molecule has 0 spiro atoms. The molecule has 0 unspecified atom stereocenters. The van der Waals surface area contributed by atoms with Crippen LogP contribution in [-0.4, -0.2) is 35.6 Å². The molecule has 2 N–H and O–H groups in total. The number of rotatable bonds is 2. The number of allylic oxidation sites excluding steroid dienone is 1. The van der Waals surface area contributed by atoms with E-state index in [1.165, 1.54) is 0 Å². The summed E-state index contributed by atoms with van der Waals surface area (Å²) in [5.74, 6) is -2.07. The van der Waals surface area contributed by atoms with Crippen molar-refractivity contribution in [1.82, 2.24) is 10.4 Å². The monoisotopic (exact) mass is 214 g/mol. The fourth-order valence-corrected chi connectivity index (χ4v) is 1.04. The van der Waals surface area contributed by atoms with Gasteiger partial charge in [0.2, 0.25) is 0 Å². The lowest BCUT2D eigenvalue weighted by molar-refractivity contribution is -0.144. The maximum absolute atomic E-state index is 13.0. The van der Waals surface area contributed by atoms with Gasteiger partial charge in [-0.15, -0.1) is 0 Å². The van der Waals surface area contributed by atoms with E-state index < -0.39 is 29.7 Å². The summed E-state index contributed by atoms with van der Waals surface area (Å²) in [4.78, 5) is 10.3. The number of carboxylic acids is 1. The van der Waals surface area contributed by atoms with Crippen LogP contribution in [0.4, 0.5) is 17.6 Å². The highest BCUT2D eigenvalue weighted by Crippen LogP contribution is 2.35. The fraction of sp³-hybridized carbons (Fsp3) is 0.500. The standard InChI is InChI=1S/C6H6F4N2O2/c1-12-6(9,10)2(5(13)14)3(11-12)4(7)8/h4,11H,1H3,(H,13,14). The van der Waals surface area contributed by atoms with Crippen molar-refractivity contribution in [3.8, 4) is 0 Å². The molecule has 0 aliphatic carbocycles. The lowest BCUT2D eigenvalue weighted by atomic mass is 10.2. The predicted octanol–water partition coefficient (Wildman–Crippen LogP) is 0.633. The van der Waals surface area contributed by atoms with Crippen LogP contribution in [0.15, 0.2) is 11.3 Å². The first-order valence-electron chi connectivity index (χ1n) is 3.43. The Balaban J connectivity index is 3.21. The van der Waals surface area contributed by atoms with E-state index in [1.807, 2.05) is 0 Å². The van der Waals surface area contributed by atoms with E-state index in [9.17, 15) is 22.4 Å². The number of halogens is 4. The summed E-state index contributed by atoms with van der Waals surface area (Å²) < 4.78 is 50.2. The van der Waals surface area contributed by atoms with Gasteiger partial charge in [0, 0.05) is 7.05 Å². The second-order valence-electron chi connectivity index (χ2n) is 2.61. The van der Waals surface area contributed by atoms with Gasteiger partial charge in [0.25, 0.3) is 6.43 Å². The fourth-order valence-electron chi connectivity index (χ4n) is 1.04. The van der Waals surface area contributed by atoms with E-state index in [0.717, 1.165) is 7.05 Å². The van der Waals surface area contributed by atoms with E-state index in [4.69, 9.17) is 5.11 Å². The van der Waals surface area contributed by atoms with Gasteiger partial charge in [-0.25, -0.2) is 13.6 Å². The Labute approximate surface area is 75.8 Å². The number of carboxylic acid groups (broad SMARTS) is 1. The van der Waals surface area contributed by atoms with Gasteiger partial charge in [0.05, 0.1) is 0 Å². The number of hydrazine groups is 1. The Hall–Kier alpha value is -1.31. The molecule has 0 aromatic carbocycles. The van der Waals surface area contributed by atoms with Crippen molar-refractivity contribution >= 4 is 5.97 Å². The van der Waals surface area contributed by atoms with Crippen molar-refractivity contribution < 1.29 is 27.5 Å². The number of likely N-dealkylation sites (N-methyl/N-ethyl adjacent to an activating group) is 1. The van der Waals surface area contributed by atoms with Gasteiger partial charge in [-0.2, -0.15) is 13.8 Å². The summed E-state index contributed by atoms with van der Waals surface area (Å²) >= 11 is 0. The number of alkyl halides is 4. The minimum atomic E-state index is -3.93. The van der Waals surface area contributed by atoms with Gasteiger partial charge in [0.15, 0.2) is 0 Å². The number of aliphatic carboxylic acids is 1. The molecule has 80 valence electrons. The SMILES string of the molecule is CN1NC(C(F)F)=C(C(=O)O)C1(F)F. The van der Waals surface area contributed by atoms with Crippen molar-refractivity contribution in [2.75, 3.05) is 7.05 Å². The van der Waals surface area contributed by atoms with E-state index in [2.05, 4.69) is 0 Å². The van der Waals surface area contributed by atoms with Crippen LogP contribution < -0.4 is 5.43 Å². The van der Waals surface area contributed by atoms with Gasteiger partial charge < -0.3 is 10.5 Å². The lowest BCUT2D eigenvalue weighted by Gasteiger charge is -2.19. The first-order chi connectivity index (χ1) is 6.28. The van der Waals surface area contributed by atoms with E-state index in [1.54, 1.807) is 5.43 Å². The van der Waals surface area contributed by atoms with Crippen molar-refractivity contribution in [3.05, 3.63) is 11.3 Å². The first kappa shape index (κ1) is 10.8. The largest absolute Gasteiger partial charge is 0.478 e. The Morgan fingerprint density at radius 3 is 2.36 bits per heavy atom.